The van der Waals surface area contributed by atoms with Crippen molar-refractivity contribution in [2.45, 2.75) is 64.0 Å². The van der Waals surface area contributed by atoms with E-state index in [1.807, 2.05) is 12.3 Å². The first-order valence-electron chi connectivity index (χ1n) is 8.64. The summed E-state index contributed by atoms with van der Waals surface area (Å²) >= 11 is 0. The van der Waals surface area contributed by atoms with E-state index in [4.69, 9.17) is 0 Å². The van der Waals surface area contributed by atoms with Gasteiger partial charge in [-0.2, -0.15) is 0 Å². The molecular weight excluding hydrogens is 258 g/mol. The third-order valence-electron chi connectivity index (χ3n) is 4.71. The summed E-state index contributed by atoms with van der Waals surface area (Å²) in [7, 11) is 2.29. The lowest BCUT2D eigenvalue weighted by Gasteiger charge is -2.36. The number of pyridine rings is 1. The van der Waals surface area contributed by atoms with Crippen LogP contribution in [0.1, 0.15) is 51.1 Å². The first kappa shape index (κ1) is 16.4. The Morgan fingerprint density at radius 3 is 2.71 bits per heavy atom. The average molecular weight is 289 g/mol. The van der Waals surface area contributed by atoms with Gasteiger partial charge < -0.3 is 10.2 Å². The lowest BCUT2D eigenvalue weighted by atomic mass is 9.91. The zero-order valence-electron chi connectivity index (χ0n) is 13.7. The quantitative estimate of drug-likeness (QED) is 0.871. The predicted molar refractivity (Wildman–Crippen MR) is 89.5 cm³/mol. The molecule has 21 heavy (non-hydrogen) atoms. The van der Waals surface area contributed by atoms with Gasteiger partial charge in [-0.3, -0.25) is 4.98 Å². The standard InChI is InChI=1S/C18H31N3/c1-3-19-17-11-6-4-5-7-12-18(17)21(2)15-13-16-10-8-9-14-20-16/h8-10,14,17-19H,3-7,11-13,15H2,1-2H3. The highest BCUT2D eigenvalue weighted by molar-refractivity contribution is 5.04. The fourth-order valence-electron chi connectivity index (χ4n) is 3.50. The van der Waals surface area contributed by atoms with Crippen molar-refractivity contribution in [2.24, 2.45) is 0 Å². The zero-order valence-corrected chi connectivity index (χ0v) is 13.7. The van der Waals surface area contributed by atoms with Crippen molar-refractivity contribution in [3.8, 4) is 0 Å². The van der Waals surface area contributed by atoms with Crippen molar-refractivity contribution in [3.05, 3.63) is 30.1 Å². The van der Waals surface area contributed by atoms with Crippen LogP contribution in [0.15, 0.2) is 24.4 Å². The molecule has 0 spiro atoms. The Labute approximate surface area is 130 Å². The molecule has 3 heteroatoms. The van der Waals surface area contributed by atoms with Crippen molar-refractivity contribution in [1.29, 1.82) is 0 Å². The van der Waals surface area contributed by atoms with E-state index in [-0.39, 0.29) is 0 Å². The van der Waals surface area contributed by atoms with Crippen LogP contribution < -0.4 is 5.32 Å². The van der Waals surface area contributed by atoms with E-state index in [0.717, 1.165) is 19.5 Å². The average Bonchev–Trinajstić information content (AvgIpc) is 2.49. The van der Waals surface area contributed by atoms with Crippen molar-refractivity contribution in [2.75, 3.05) is 20.1 Å². The Bertz CT molecular complexity index is 379. The summed E-state index contributed by atoms with van der Waals surface area (Å²) in [4.78, 5) is 7.01. The minimum atomic E-state index is 0.657. The van der Waals surface area contributed by atoms with Gasteiger partial charge in [0.25, 0.3) is 0 Å². The molecule has 1 heterocycles. The number of rotatable bonds is 6. The van der Waals surface area contributed by atoms with E-state index in [0.29, 0.717) is 12.1 Å². The largest absolute Gasteiger partial charge is 0.313 e. The first-order valence-corrected chi connectivity index (χ1v) is 8.64. The number of nitrogens with zero attached hydrogens (tertiary/aromatic N) is 2. The maximum atomic E-state index is 4.44. The number of nitrogens with one attached hydrogen (secondary N) is 1. The van der Waals surface area contributed by atoms with Gasteiger partial charge in [-0.1, -0.05) is 38.7 Å². The highest BCUT2D eigenvalue weighted by atomic mass is 15.2. The normalized spacial score (nSPS) is 23.8. The topological polar surface area (TPSA) is 28.2 Å². The van der Waals surface area contributed by atoms with Crippen LogP contribution in [-0.4, -0.2) is 42.1 Å². The molecule has 0 saturated heterocycles. The van der Waals surface area contributed by atoms with Gasteiger partial charge in [0.2, 0.25) is 0 Å². The Kier molecular flexibility index (Phi) is 7.17. The molecule has 1 aromatic heterocycles. The van der Waals surface area contributed by atoms with Crippen molar-refractivity contribution >= 4 is 0 Å². The van der Waals surface area contributed by atoms with E-state index in [2.05, 4.69) is 41.3 Å². The fourth-order valence-corrected chi connectivity index (χ4v) is 3.50. The minimum Gasteiger partial charge on any atom is -0.313 e. The molecule has 0 aliphatic heterocycles. The summed E-state index contributed by atoms with van der Waals surface area (Å²) in [6, 6.07) is 7.54. The predicted octanol–water partition coefficient (Wildman–Crippen LogP) is 3.26. The molecule has 1 aliphatic carbocycles. The van der Waals surface area contributed by atoms with Crippen LogP contribution in [0, 0.1) is 0 Å². The van der Waals surface area contributed by atoms with Gasteiger partial charge in [0.15, 0.2) is 0 Å². The number of likely N-dealkylation sites (N-methyl/N-ethyl adjacent to an activating group) is 2. The van der Waals surface area contributed by atoms with Gasteiger partial charge in [0, 0.05) is 36.9 Å². The van der Waals surface area contributed by atoms with Crippen LogP contribution in [-0.2, 0) is 6.42 Å². The zero-order chi connectivity index (χ0) is 14.9. The summed E-state index contributed by atoms with van der Waals surface area (Å²) in [5.41, 5.74) is 1.20. The number of hydrogen-bond donors (Lipinski definition) is 1. The number of hydrogen-bond acceptors (Lipinski definition) is 3. The molecule has 0 radical (unpaired) electrons. The maximum Gasteiger partial charge on any atom is 0.0416 e. The number of aromatic nitrogens is 1. The van der Waals surface area contributed by atoms with Gasteiger partial charge in [-0.15, -0.1) is 0 Å². The van der Waals surface area contributed by atoms with Gasteiger partial charge in [0.1, 0.15) is 0 Å². The molecule has 1 N–H and O–H groups in total. The fraction of sp³-hybridized carbons (Fsp3) is 0.722. The Morgan fingerprint density at radius 1 is 1.19 bits per heavy atom. The lowest BCUT2D eigenvalue weighted by Crippen LogP contribution is -2.49. The Morgan fingerprint density at radius 2 is 2.00 bits per heavy atom. The minimum absolute atomic E-state index is 0.657. The molecule has 2 atom stereocenters. The summed E-state index contributed by atoms with van der Waals surface area (Å²) in [5, 5.41) is 3.72. The van der Waals surface area contributed by atoms with Crippen LogP contribution in [0.3, 0.4) is 0 Å². The third kappa shape index (κ3) is 5.40. The molecule has 0 amide bonds. The van der Waals surface area contributed by atoms with E-state index >= 15 is 0 Å². The molecule has 1 aliphatic rings. The summed E-state index contributed by atoms with van der Waals surface area (Å²) in [6.45, 7) is 4.41. The maximum absolute atomic E-state index is 4.44. The van der Waals surface area contributed by atoms with Gasteiger partial charge in [0.05, 0.1) is 0 Å². The van der Waals surface area contributed by atoms with Gasteiger partial charge in [-0.05, 0) is 38.6 Å². The molecule has 0 aromatic carbocycles. The molecule has 1 fully saturated rings. The molecular formula is C18H31N3. The SMILES string of the molecule is CCNC1CCCCCCC1N(C)CCc1ccccn1. The second kappa shape index (κ2) is 9.16. The highest BCUT2D eigenvalue weighted by Gasteiger charge is 2.25. The Balaban J connectivity index is 1.90. The molecule has 2 unspecified atom stereocenters. The molecule has 1 aromatic rings. The van der Waals surface area contributed by atoms with Crippen LogP contribution >= 0.6 is 0 Å². The monoisotopic (exact) mass is 289 g/mol. The first-order chi connectivity index (χ1) is 10.3. The van der Waals surface area contributed by atoms with Gasteiger partial charge in [-0.25, -0.2) is 0 Å². The summed E-state index contributed by atoms with van der Waals surface area (Å²) in [5.74, 6) is 0. The van der Waals surface area contributed by atoms with E-state index in [9.17, 15) is 0 Å². The second-order valence-electron chi connectivity index (χ2n) is 6.27. The smallest absolute Gasteiger partial charge is 0.0416 e. The highest BCUT2D eigenvalue weighted by Crippen LogP contribution is 2.21. The van der Waals surface area contributed by atoms with E-state index < -0.39 is 0 Å². The molecule has 0 bridgehead atoms. The van der Waals surface area contributed by atoms with Crippen molar-refractivity contribution in [1.82, 2.24) is 15.2 Å². The summed E-state index contributed by atoms with van der Waals surface area (Å²) in [6.07, 6.45) is 11.2. The van der Waals surface area contributed by atoms with Crippen molar-refractivity contribution in [3.63, 3.8) is 0 Å². The molecule has 1 saturated carbocycles. The van der Waals surface area contributed by atoms with Crippen LogP contribution in [0.4, 0.5) is 0 Å². The molecule has 3 nitrogen and oxygen atoms in total. The van der Waals surface area contributed by atoms with E-state index in [1.165, 1.54) is 44.2 Å². The third-order valence-corrected chi connectivity index (χ3v) is 4.71. The molecule has 118 valence electrons. The second-order valence-corrected chi connectivity index (χ2v) is 6.27. The lowest BCUT2D eigenvalue weighted by molar-refractivity contribution is 0.165. The van der Waals surface area contributed by atoms with Gasteiger partial charge >= 0.3 is 0 Å². The Hall–Kier alpha value is -0.930. The van der Waals surface area contributed by atoms with Crippen LogP contribution in [0.25, 0.3) is 0 Å². The molecule has 2 rings (SSSR count). The van der Waals surface area contributed by atoms with Crippen molar-refractivity contribution < 1.29 is 0 Å². The van der Waals surface area contributed by atoms with E-state index in [1.54, 1.807) is 0 Å². The van der Waals surface area contributed by atoms with Crippen LogP contribution in [0.5, 0.6) is 0 Å². The van der Waals surface area contributed by atoms with Crippen LogP contribution in [0.2, 0.25) is 0 Å². The summed E-state index contributed by atoms with van der Waals surface area (Å²) < 4.78 is 0.